The van der Waals surface area contributed by atoms with Gasteiger partial charge in [0.15, 0.2) is 5.82 Å². The Morgan fingerprint density at radius 2 is 1.86 bits per heavy atom. The molecular weight excluding hydrogens is 368 g/mol. The highest BCUT2D eigenvalue weighted by Crippen LogP contribution is 2.29. The molecule has 1 heterocycles. The summed E-state index contributed by atoms with van der Waals surface area (Å²) in [5.41, 5.74) is 3.47. The van der Waals surface area contributed by atoms with Crippen molar-refractivity contribution in [3.05, 3.63) is 65.7 Å². The normalized spacial score (nSPS) is 13.5. The lowest BCUT2D eigenvalue weighted by Gasteiger charge is -2.22. The average molecular weight is 393 g/mol. The minimum Gasteiger partial charge on any atom is -0.335 e. The molecule has 3 aromatic rings. The maximum Gasteiger partial charge on any atom is 0.233 e. The van der Waals surface area contributed by atoms with Gasteiger partial charge in [-0.05, 0) is 30.4 Å². The number of hydrogen-bond donors (Lipinski definition) is 1. The number of benzene rings is 2. The van der Waals surface area contributed by atoms with Crippen LogP contribution in [0.3, 0.4) is 0 Å². The van der Waals surface area contributed by atoms with Gasteiger partial charge in [0.05, 0.1) is 5.75 Å². The van der Waals surface area contributed by atoms with Gasteiger partial charge in [0.25, 0.3) is 0 Å². The summed E-state index contributed by atoms with van der Waals surface area (Å²) >= 11 is 1.39. The molecule has 1 aliphatic rings. The molecule has 0 unspecified atom stereocenters. The predicted octanol–water partition coefficient (Wildman–Crippen LogP) is 4.32. The number of carbonyl (C=O) groups is 1. The Morgan fingerprint density at radius 3 is 2.54 bits per heavy atom. The summed E-state index contributed by atoms with van der Waals surface area (Å²) in [7, 11) is 0. The number of amides is 1. The van der Waals surface area contributed by atoms with Crippen LogP contribution in [-0.4, -0.2) is 37.8 Å². The number of nitrogens with zero attached hydrogens (tertiary/aromatic N) is 3. The Labute approximate surface area is 169 Å². The second-order valence-corrected chi connectivity index (χ2v) is 7.99. The fourth-order valence-corrected chi connectivity index (χ4v) is 3.82. The lowest BCUT2D eigenvalue weighted by molar-refractivity contribution is -0.129. The summed E-state index contributed by atoms with van der Waals surface area (Å²) in [5.74, 6) is 1.24. The molecule has 0 aliphatic heterocycles. The second kappa shape index (κ2) is 8.61. The van der Waals surface area contributed by atoms with Gasteiger partial charge in [0.2, 0.25) is 11.1 Å². The molecule has 1 N–H and O–H groups in total. The molecule has 1 fully saturated rings. The topological polar surface area (TPSA) is 61.9 Å². The van der Waals surface area contributed by atoms with Crippen LogP contribution in [0.2, 0.25) is 0 Å². The lowest BCUT2D eigenvalue weighted by Crippen LogP contribution is -2.33. The van der Waals surface area contributed by atoms with Gasteiger partial charge in [-0.1, -0.05) is 73.3 Å². The Hall–Kier alpha value is -2.60. The molecule has 28 heavy (non-hydrogen) atoms. The van der Waals surface area contributed by atoms with Crippen LogP contribution in [0.4, 0.5) is 0 Å². The largest absolute Gasteiger partial charge is 0.335 e. The van der Waals surface area contributed by atoms with Gasteiger partial charge >= 0.3 is 0 Å². The molecule has 0 bridgehead atoms. The van der Waals surface area contributed by atoms with E-state index >= 15 is 0 Å². The molecule has 0 atom stereocenters. The van der Waals surface area contributed by atoms with E-state index in [0.29, 0.717) is 23.5 Å². The van der Waals surface area contributed by atoms with E-state index in [9.17, 15) is 4.79 Å². The number of thioether (sulfide) groups is 1. The highest BCUT2D eigenvalue weighted by Gasteiger charge is 2.32. The van der Waals surface area contributed by atoms with Gasteiger partial charge in [-0.15, -0.1) is 5.10 Å². The zero-order chi connectivity index (χ0) is 19.3. The quantitative estimate of drug-likeness (QED) is 0.580. The molecule has 1 aromatic heterocycles. The van der Waals surface area contributed by atoms with Crippen molar-refractivity contribution in [3.8, 4) is 11.4 Å². The molecule has 1 amide bonds. The van der Waals surface area contributed by atoms with Crippen molar-refractivity contribution in [1.82, 2.24) is 20.1 Å². The minimum absolute atomic E-state index is 0.148. The molecule has 1 saturated carbocycles. The van der Waals surface area contributed by atoms with Gasteiger partial charge in [0.1, 0.15) is 0 Å². The number of nitrogens with one attached hydrogen (secondary N) is 1. The Bertz CT molecular complexity index is 919. The molecule has 0 spiro atoms. The van der Waals surface area contributed by atoms with Crippen LogP contribution in [0.25, 0.3) is 11.4 Å². The van der Waals surface area contributed by atoms with Gasteiger partial charge in [-0.2, -0.15) is 0 Å². The molecule has 144 valence electrons. The molecule has 1 aliphatic carbocycles. The van der Waals surface area contributed by atoms with Crippen LogP contribution < -0.4 is 0 Å². The van der Waals surface area contributed by atoms with Crippen molar-refractivity contribution in [2.45, 2.75) is 43.9 Å². The van der Waals surface area contributed by atoms with Gasteiger partial charge in [-0.25, -0.2) is 4.98 Å². The molecule has 6 heteroatoms. The summed E-state index contributed by atoms with van der Waals surface area (Å²) in [6.07, 6.45) is 3.21. The Morgan fingerprint density at radius 1 is 1.11 bits per heavy atom. The van der Waals surface area contributed by atoms with E-state index in [0.717, 1.165) is 30.7 Å². The van der Waals surface area contributed by atoms with E-state index in [-0.39, 0.29) is 5.91 Å². The number of rotatable bonds is 8. The summed E-state index contributed by atoms with van der Waals surface area (Å²) in [6, 6.07) is 18.9. The first-order chi connectivity index (χ1) is 13.7. The van der Waals surface area contributed by atoms with E-state index in [4.69, 9.17) is 0 Å². The third-order valence-corrected chi connectivity index (χ3v) is 5.76. The zero-order valence-corrected chi connectivity index (χ0v) is 16.8. The first-order valence-electron chi connectivity index (χ1n) is 9.71. The minimum atomic E-state index is 0.148. The number of hydrogen-bond acceptors (Lipinski definition) is 4. The van der Waals surface area contributed by atoms with Crippen molar-refractivity contribution in [2.24, 2.45) is 0 Å². The van der Waals surface area contributed by atoms with E-state index in [1.54, 1.807) is 0 Å². The van der Waals surface area contributed by atoms with Crippen molar-refractivity contribution < 1.29 is 4.79 Å². The zero-order valence-electron chi connectivity index (χ0n) is 16.0. The summed E-state index contributed by atoms with van der Waals surface area (Å²) in [5, 5.41) is 7.86. The van der Waals surface area contributed by atoms with Crippen LogP contribution >= 0.6 is 11.8 Å². The molecular formula is C22H24N4OS. The fourth-order valence-electron chi connectivity index (χ4n) is 3.13. The number of aromatic amines is 1. The third kappa shape index (κ3) is 4.62. The van der Waals surface area contributed by atoms with E-state index in [1.807, 2.05) is 35.2 Å². The summed E-state index contributed by atoms with van der Waals surface area (Å²) in [4.78, 5) is 19.3. The van der Waals surface area contributed by atoms with Crippen LogP contribution in [0.15, 0.2) is 59.8 Å². The van der Waals surface area contributed by atoms with Crippen molar-refractivity contribution >= 4 is 17.7 Å². The number of carbonyl (C=O) groups excluding carboxylic acids is 1. The predicted molar refractivity (Wildman–Crippen MR) is 112 cm³/mol. The maximum absolute atomic E-state index is 12.8. The monoisotopic (exact) mass is 392 g/mol. The standard InChI is InChI=1S/C22H24N4OS/c1-2-16-8-10-18(11-9-16)21-23-22(25-24-21)28-15-20(27)26(19-12-13-19)14-17-6-4-3-5-7-17/h3-11,19H,2,12-15H2,1H3,(H,23,24,25). The number of aromatic nitrogens is 3. The molecule has 0 saturated heterocycles. The number of aryl methyl sites for hydroxylation is 1. The average Bonchev–Trinajstić information content (AvgIpc) is 3.48. The highest BCUT2D eigenvalue weighted by atomic mass is 32.2. The highest BCUT2D eigenvalue weighted by molar-refractivity contribution is 7.99. The first-order valence-corrected chi connectivity index (χ1v) is 10.7. The van der Waals surface area contributed by atoms with Crippen LogP contribution in [0, 0.1) is 0 Å². The lowest BCUT2D eigenvalue weighted by atomic mass is 10.1. The van der Waals surface area contributed by atoms with Gasteiger partial charge in [0, 0.05) is 18.2 Å². The van der Waals surface area contributed by atoms with E-state index in [2.05, 4.69) is 46.4 Å². The summed E-state index contributed by atoms with van der Waals surface area (Å²) in [6.45, 7) is 2.81. The van der Waals surface area contributed by atoms with Crippen LogP contribution in [-0.2, 0) is 17.8 Å². The van der Waals surface area contributed by atoms with Crippen molar-refractivity contribution in [1.29, 1.82) is 0 Å². The van der Waals surface area contributed by atoms with Gasteiger partial charge < -0.3 is 4.90 Å². The van der Waals surface area contributed by atoms with Crippen LogP contribution in [0.1, 0.15) is 30.9 Å². The maximum atomic E-state index is 12.8. The molecule has 4 rings (SSSR count). The fraction of sp³-hybridized carbons (Fsp3) is 0.318. The Balaban J connectivity index is 1.36. The van der Waals surface area contributed by atoms with Crippen molar-refractivity contribution in [3.63, 3.8) is 0 Å². The molecule has 5 nitrogen and oxygen atoms in total. The summed E-state index contributed by atoms with van der Waals surface area (Å²) < 4.78 is 0. The number of H-pyrrole nitrogens is 1. The third-order valence-electron chi connectivity index (χ3n) is 4.93. The Kier molecular flexibility index (Phi) is 5.76. The molecule has 0 radical (unpaired) electrons. The SMILES string of the molecule is CCc1ccc(-c2nc(SCC(=O)N(Cc3ccccc3)C3CC3)n[nH]2)cc1. The van der Waals surface area contributed by atoms with Crippen LogP contribution in [0.5, 0.6) is 0 Å². The molecule has 2 aromatic carbocycles. The second-order valence-electron chi connectivity index (χ2n) is 7.04. The van der Waals surface area contributed by atoms with E-state index in [1.165, 1.54) is 22.9 Å². The van der Waals surface area contributed by atoms with Crippen molar-refractivity contribution in [2.75, 3.05) is 5.75 Å². The van der Waals surface area contributed by atoms with Gasteiger partial charge in [-0.3, -0.25) is 9.89 Å². The van der Waals surface area contributed by atoms with E-state index < -0.39 is 0 Å². The smallest absolute Gasteiger partial charge is 0.233 e. The first kappa shape index (κ1) is 18.7.